The van der Waals surface area contributed by atoms with Gasteiger partial charge in [-0.15, -0.1) is 0 Å². The minimum atomic E-state index is -0.664. The highest BCUT2D eigenvalue weighted by Crippen LogP contribution is 2.29. The molecule has 0 bridgehead atoms. The number of esters is 1. The van der Waals surface area contributed by atoms with Crippen molar-refractivity contribution in [2.24, 2.45) is 5.92 Å². The molecular formula is C18H24FNO4. The van der Waals surface area contributed by atoms with Crippen molar-refractivity contribution in [3.8, 4) is 0 Å². The molecule has 0 aliphatic carbocycles. The first kappa shape index (κ1) is 18.2. The number of likely N-dealkylation sites (tertiary alicyclic amines) is 1. The summed E-state index contributed by atoms with van der Waals surface area (Å²) in [5.41, 5.74) is 0.202. The van der Waals surface area contributed by atoms with Crippen molar-refractivity contribution in [2.45, 2.75) is 45.3 Å². The minimum absolute atomic E-state index is 0.0448. The summed E-state index contributed by atoms with van der Waals surface area (Å²) in [6, 6.07) is 5.70. The first-order valence-electron chi connectivity index (χ1n) is 8.01. The number of hydrogen-bond acceptors (Lipinski definition) is 4. The predicted octanol–water partition coefficient (Wildman–Crippen LogP) is 3.17. The zero-order valence-corrected chi connectivity index (χ0v) is 14.5. The molecule has 6 heteroatoms. The van der Waals surface area contributed by atoms with Gasteiger partial charge >= 0.3 is 12.1 Å². The molecule has 0 spiro atoms. The number of methoxy groups -OCH3 is 1. The van der Waals surface area contributed by atoms with Crippen molar-refractivity contribution in [2.75, 3.05) is 13.7 Å². The van der Waals surface area contributed by atoms with Crippen LogP contribution in [0.3, 0.4) is 0 Å². The van der Waals surface area contributed by atoms with Gasteiger partial charge in [-0.05, 0) is 57.2 Å². The van der Waals surface area contributed by atoms with Crippen LogP contribution in [0.5, 0.6) is 0 Å². The maximum Gasteiger partial charge on any atom is 0.411 e. The Bertz CT molecular complexity index is 611. The van der Waals surface area contributed by atoms with E-state index in [1.807, 2.05) is 6.07 Å². The third kappa shape index (κ3) is 4.69. The fourth-order valence-electron chi connectivity index (χ4n) is 2.95. The summed E-state index contributed by atoms with van der Waals surface area (Å²) in [6.45, 7) is 5.71. The molecule has 0 N–H and O–H groups in total. The number of carbonyl (C=O) groups excluding carboxylic acids is 2. The third-order valence-electron chi connectivity index (χ3n) is 3.90. The fraction of sp³-hybridized carbons (Fsp3) is 0.556. The van der Waals surface area contributed by atoms with Crippen LogP contribution in [0.4, 0.5) is 9.18 Å². The Morgan fingerprint density at radius 3 is 2.62 bits per heavy atom. The quantitative estimate of drug-likeness (QED) is 0.795. The van der Waals surface area contributed by atoms with Gasteiger partial charge in [-0.2, -0.15) is 0 Å². The smallest absolute Gasteiger partial charge is 0.411 e. The SMILES string of the molecule is COC(=O)[C@@H]1C[C@H](Cc2cccc(F)c2)CN1C(=O)OC(C)(C)C. The first-order valence-corrected chi connectivity index (χ1v) is 8.01. The van der Waals surface area contributed by atoms with E-state index >= 15 is 0 Å². The second-order valence-electron chi connectivity index (χ2n) is 7.11. The van der Waals surface area contributed by atoms with Crippen LogP contribution < -0.4 is 0 Å². The van der Waals surface area contributed by atoms with E-state index in [9.17, 15) is 14.0 Å². The Kier molecular flexibility index (Phi) is 5.47. The van der Waals surface area contributed by atoms with Crippen LogP contribution in [0.25, 0.3) is 0 Å². The van der Waals surface area contributed by atoms with Crippen LogP contribution in [0, 0.1) is 11.7 Å². The zero-order valence-electron chi connectivity index (χ0n) is 14.5. The number of halogens is 1. The molecule has 5 nitrogen and oxygen atoms in total. The zero-order chi connectivity index (χ0) is 17.9. The van der Waals surface area contributed by atoms with Gasteiger partial charge in [0.25, 0.3) is 0 Å². The Balaban J connectivity index is 2.11. The maximum absolute atomic E-state index is 13.3. The number of hydrogen-bond donors (Lipinski definition) is 0. The van der Waals surface area contributed by atoms with Crippen molar-refractivity contribution in [1.82, 2.24) is 4.90 Å². The van der Waals surface area contributed by atoms with E-state index in [1.165, 1.54) is 24.1 Å². The molecule has 2 rings (SSSR count). The molecule has 0 aromatic heterocycles. The molecule has 0 radical (unpaired) electrons. The Morgan fingerprint density at radius 1 is 1.33 bits per heavy atom. The summed E-state index contributed by atoms with van der Waals surface area (Å²) in [5, 5.41) is 0. The molecule has 1 fully saturated rings. The summed E-state index contributed by atoms with van der Waals surface area (Å²) in [6.07, 6.45) is 0.534. The van der Waals surface area contributed by atoms with Gasteiger partial charge in [-0.25, -0.2) is 14.0 Å². The number of benzene rings is 1. The highest BCUT2D eigenvalue weighted by atomic mass is 19.1. The molecular weight excluding hydrogens is 313 g/mol. The number of ether oxygens (including phenoxy) is 2. The molecule has 132 valence electrons. The average molecular weight is 337 g/mol. The molecule has 1 aromatic rings. The van der Waals surface area contributed by atoms with Crippen LogP contribution in [-0.2, 0) is 20.7 Å². The molecule has 1 aliphatic heterocycles. The second kappa shape index (κ2) is 7.20. The number of rotatable bonds is 3. The van der Waals surface area contributed by atoms with Gasteiger partial charge in [0.05, 0.1) is 7.11 Å². The van der Waals surface area contributed by atoms with Crippen LogP contribution in [0.15, 0.2) is 24.3 Å². The summed E-state index contributed by atoms with van der Waals surface area (Å²) in [4.78, 5) is 25.8. The lowest BCUT2D eigenvalue weighted by Crippen LogP contribution is -2.43. The van der Waals surface area contributed by atoms with Gasteiger partial charge in [0.1, 0.15) is 17.5 Å². The van der Waals surface area contributed by atoms with Crippen molar-refractivity contribution >= 4 is 12.1 Å². The van der Waals surface area contributed by atoms with Crippen LogP contribution >= 0.6 is 0 Å². The Morgan fingerprint density at radius 2 is 2.04 bits per heavy atom. The molecule has 24 heavy (non-hydrogen) atoms. The van der Waals surface area contributed by atoms with Gasteiger partial charge in [0, 0.05) is 6.54 Å². The summed E-state index contributed by atoms with van der Waals surface area (Å²) in [7, 11) is 1.30. The number of amides is 1. The van der Waals surface area contributed by atoms with E-state index in [0.29, 0.717) is 19.4 Å². The Labute approximate surface area is 141 Å². The standard InChI is InChI=1S/C18H24FNO4/c1-18(2,3)24-17(22)20-11-13(10-15(20)16(21)23-4)8-12-6-5-7-14(19)9-12/h5-7,9,13,15H,8,10-11H2,1-4H3/t13-,15-/m0/s1. The van der Waals surface area contributed by atoms with Gasteiger partial charge < -0.3 is 9.47 Å². The lowest BCUT2D eigenvalue weighted by Gasteiger charge is -2.27. The van der Waals surface area contributed by atoms with E-state index in [1.54, 1.807) is 26.8 Å². The highest BCUT2D eigenvalue weighted by Gasteiger charge is 2.42. The van der Waals surface area contributed by atoms with Crippen molar-refractivity contribution in [1.29, 1.82) is 0 Å². The highest BCUT2D eigenvalue weighted by molar-refractivity contribution is 5.82. The molecule has 1 aliphatic rings. The molecule has 1 aromatic carbocycles. The number of carbonyl (C=O) groups is 2. The second-order valence-corrected chi connectivity index (χ2v) is 7.11. The molecule has 0 saturated carbocycles. The van der Waals surface area contributed by atoms with Crippen molar-refractivity contribution < 1.29 is 23.5 Å². The van der Waals surface area contributed by atoms with Crippen LogP contribution in [0.2, 0.25) is 0 Å². The van der Waals surface area contributed by atoms with Gasteiger partial charge in [-0.1, -0.05) is 12.1 Å². The fourth-order valence-corrected chi connectivity index (χ4v) is 2.95. The molecule has 1 saturated heterocycles. The van der Waals surface area contributed by atoms with E-state index in [-0.39, 0.29) is 11.7 Å². The normalized spacial score (nSPS) is 20.8. The van der Waals surface area contributed by atoms with Gasteiger partial charge in [0.2, 0.25) is 0 Å². The monoisotopic (exact) mass is 337 g/mol. The average Bonchev–Trinajstić information content (AvgIpc) is 2.88. The van der Waals surface area contributed by atoms with Gasteiger partial charge in [0.15, 0.2) is 0 Å². The van der Waals surface area contributed by atoms with E-state index in [4.69, 9.17) is 9.47 Å². The lowest BCUT2D eigenvalue weighted by molar-refractivity contribution is -0.145. The molecule has 1 heterocycles. The molecule has 2 atom stereocenters. The van der Waals surface area contributed by atoms with Crippen molar-refractivity contribution in [3.05, 3.63) is 35.6 Å². The Hall–Kier alpha value is -2.11. The van der Waals surface area contributed by atoms with Gasteiger partial charge in [-0.3, -0.25) is 4.90 Å². The summed E-state index contributed by atoms with van der Waals surface area (Å²) < 4.78 is 23.5. The first-order chi connectivity index (χ1) is 11.2. The topological polar surface area (TPSA) is 55.8 Å². The predicted molar refractivity (Wildman–Crippen MR) is 87.0 cm³/mol. The lowest BCUT2D eigenvalue weighted by atomic mass is 9.97. The number of nitrogens with zero attached hydrogens (tertiary/aromatic N) is 1. The maximum atomic E-state index is 13.3. The van der Waals surface area contributed by atoms with Crippen molar-refractivity contribution in [3.63, 3.8) is 0 Å². The third-order valence-corrected chi connectivity index (χ3v) is 3.90. The summed E-state index contributed by atoms with van der Waals surface area (Å²) >= 11 is 0. The molecule has 0 unspecified atom stereocenters. The largest absolute Gasteiger partial charge is 0.467 e. The van der Waals surface area contributed by atoms with Crippen LogP contribution in [0.1, 0.15) is 32.8 Å². The van der Waals surface area contributed by atoms with E-state index in [2.05, 4.69) is 0 Å². The molecule has 1 amide bonds. The van der Waals surface area contributed by atoms with E-state index in [0.717, 1.165) is 5.56 Å². The van der Waals surface area contributed by atoms with E-state index < -0.39 is 23.7 Å². The van der Waals surface area contributed by atoms with Crippen LogP contribution in [-0.4, -0.2) is 42.3 Å². The minimum Gasteiger partial charge on any atom is -0.467 e. The summed E-state index contributed by atoms with van der Waals surface area (Å²) in [5.74, 6) is -0.704.